The maximum atomic E-state index is 5.71. The summed E-state index contributed by atoms with van der Waals surface area (Å²) in [6, 6.07) is 1.96. The summed E-state index contributed by atoms with van der Waals surface area (Å²) in [4.78, 5) is 4.37. The first-order chi connectivity index (χ1) is 7.19. The number of aromatic nitrogens is 1. The lowest BCUT2D eigenvalue weighted by Gasteiger charge is -2.12. The highest BCUT2D eigenvalue weighted by Crippen LogP contribution is 2.21. The number of unbranched alkanes of at least 4 members (excludes halogenated alkanes) is 1. The van der Waals surface area contributed by atoms with Gasteiger partial charge in [-0.2, -0.15) is 0 Å². The molecular formula is C12H20N2O. The summed E-state index contributed by atoms with van der Waals surface area (Å²) >= 11 is 0. The van der Waals surface area contributed by atoms with E-state index in [0.717, 1.165) is 42.1 Å². The van der Waals surface area contributed by atoms with Crippen LogP contribution >= 0.6 is 0 Å². The third kappa shape index (κ3) is 3.20. The van der Waals surface area contributed by atoms with Crippen molar-refractivity contribution in [1.82, 2.24) is 4.98 Å². The van der Waals surface area contributed by atoms with E-state index in [-0.39, 0.29) is 0 Å². The van der Waals surface area contributed by atoms with Gasteiger partial charge in [0.2, 0.25) is 0 Å². The van der Waals surface area contributed by atoms with Crippen LogP contribution in [0.4, 0.5) is 0 Å². The molecule has 0 fully saturated rings. The molecule has 1 rings (SSSR count). The number of hydrogen-bond acceptors (Lipinski definition) is 3. The monoisotopic (exact) mass is 208 g/mol. The Balaban J connectivity index is 2.84. The molecule has 84 valence electrons. The molecule has 0 aliphatic rings. The summed E-state index contributed by atoms with van der Waals surface area (Å²) in [5.74, 6) is 0.899. The van der Waals surface area contributed by atoms with Crippen LogP contribution in [0.15, 0.2) is 6.07 Å². The van der Waals surface area contributed by atoms with Gasteiger partial charge in [0.15, 0.2) is 0 Å². The zero-order chi connectivity index (χ0) is 11.3. The van der Waals surface area contributed by atoms with Gasteiger partial charge in [-0.1, -0.05) is 13.3 Å². The van der Waals surface area contributed by atoms with Crippen molar-refractivity contribution in [2.24, 2.45) is 5.73 Å². The zero-order valence-corrected chi connectivity index (χ0v) is 9.84. The van der Waals surface area contributed by atoms with Crippen molar-refractivity contribution < 1.29 is 4.74 Å². The van der Waals surface area contributed by atoms with Gasteiger partial charge < -0.3 is 10.5 Å². The lowest BCUT2D eigenvalue weighted by molar-refractivity contribution is 0.305. The molecule has 0 amide bonds. The minimum Gasteiger partial charge on any atom is -0.493 e. The number of nitrogens with zero attached hydrogens (tertiary/aromatic N) is 1. The fourth-order valence-corrected chi connectivity index (χ4v) is 1.52. The van der Waals surface area contributed by atoms with Gasteiger partial charge >= 0.3 is 0 Å². The summed E-state index contributed by atoms with van der Waals surface area (Å²) in [5, 5.41) is 0. The first kappa shape index (κ1) is 12.0. The normalized spacial score (nSPS) is 10.4. The molecule has 0 saturated carbocycles. The Morgan fingerprint density at radius 2 is 2.13 bits per heavy atom. The molecule has 0 radical (unpaired) electrons. The minimum atomic E-state index is 0.487. The summed E-state index contributed by atoms with van der Waals surface area (Å²) in [6.45, 7) is 7.34. The first-order valence-corrected chi connectivity index (χ1v) is 5.49. The average molecular weight is 208 g/mol. The van der Waals surface area contributed by atoms with E-state index in [1.54, 1.807) is 0 Å². The molecule has 15 heavy (non-hydrogen) atoms. The largest absolute Gasteiger partial charge is 0.493 e. The first-order valence-electron chi connectivity index (χ1n) is 5.49. The summed E-state index contributed by atoms with van der Waals surface area (Å²) in [5.41, 5.74) is 8.67. The van der Waals surface area contributed by atoms with Gasteiger partial charge in [0.25, 0.3) is 0 Å². The number of ether oxygens (including phenoxy) is 1. The number of nitrogens with two attached hydrogens (primary N) is 1. The Bertz CT molecular complexity index is 324. The lowest BCUT2D eigenvalue weighted by atomic mass is 10.1. The molecule has 0 saturated heterocycles. The van der Waals surface area contributed by atoms with Crippen LogP contribution < -0.4 is 10.5 Å². The van der Waals surface area contributed by atoms with Crippen molar-refractivity contribution >= 4 is 0 Å². The molecule has 3 heteroatoms. The number of pyridine rings is 1. The maximum absolute atomic E-state index is 5.71. The average Bonchev–Trinajstić information content (AvgIpc) is 2.17. The summed E-state index contributed by atoms with van der Waals surface area (Å²) < 4.78 is 5.71. The maximum Gasteiger partial charge on any atom is 0.127 e. The molecule has 2 N–H and O–H groups in total. The molecule has 0 aliphatic carbocycles. The van der Waals surface area contributed by atoms with Gasteiger partial charge in [0.1, 0.15) is 5.75 Å². The molecule has 0 spiro atoms. The molecule has 1 heterocycles. The van der Waals surface area contributed by atoms with E-state index in [2.05, 4.69) is 11.9 Å². The second-order valence-corrected chi connectivity index (χ2v) is 3.73. The van der Waals surface area contributed by atoms with Crippen LogP contribution in [-0.2, 0) is 6.54 Å². The van der Waals surface area contributed by atoms with Gasteiger partial charge in [0, 0.05) is 29.6 Å². The Kier molecular flexibility index (Phi) is 4.56. The van der Waals surface area contributed by atoms with Crippen LogP contribution in [0.5, 0.6) is 5.75 Å². The molecule has 0 aliphatic heterocycles. The smallest absolute Gasteiger partial charge is 0.127 e. The lowest BCUT2D eigenvalue weighted by Crippen LogP contribution is -2.07. The van der Waals surface area contributed by atoms with Crippen molar-refractivity contribution in [1.29, 1.82) is 0 Å². The second kappa shape index (κ2) is 5.71. The van der Waals surface area contributed by atoms with Gasteiger partial charge in [0.05, 0.1) is 6.61 Å². The Hall–Kier alpha value is -1.09. The topological polar surface area (TPSA) is 48.1 Å². The summed E-state index contributed by atoms with van der Waals surface area (Å²) in [7, 11) is 0. The van der Waals surface area contributed by atoms with Gasteiger partial charge in [-0.25, -0.2) is 0 Å². The predicted octanol–water partition coefficient (Wildman–Crippen LogP) is 2.34. The quantitative estimate of drug-likeness (QED) is 0.755. The van der Waals surface area contributed by atoms with E-state index in [1.807, 2.05) is 19.9 Å². The van der Waals surface area contributed by atoms with E-state index in [4.69, 9.17) is 10.5 Å². The van der Waals surface area contributed by atoms with Crippen molar-refractivity contribution in [3.05, 3.63) is 23.0 Å². The van der Waals surface area contributed by atoms with Crippen LogP contribution in [0.25, 0.3) is 0 Å². The highest BCUT2D eigenvalue weighted by atomic mass is 16.5. The number of rotatable bonds is 5. The number of hydrogen-bond donors (Lipinski definition) is 1. The second-order valence-electron chi connectivity index (χ2n) is 3.73. The molecule has 1 aromatic heterocycles. The molecule has 0 bridgehead atoms. The number of aryl methyl sites for hydroxylation is 2. The molecule has 1 aromatic rings. The van der Waals surface area contributed by atoms with Crippen molar-refractivity contribution in [3.8, 4) is 5.75 Å². The minimum absolute atomic E-state index is 0.487. The van der Waals surface area contributed by atoms with E-state index in [0.29, 0.717) is 6.54 Å². The Morgan fingerprint density at radius 1 is 1.40 bits per heavy atom. The summed E-state index contributed by atoms with van der Waals surface area (Å²) in [6.07, 6.45) is 2.21. The van der Waals surface area contributed by atoms with Crippen molar-refractivity contribution in [2.75, 3.05) is 6.61 Å². The van der Waals surface area contributed by atoms with E-state index in [9.17, 15) is 0 Å². The fraction of sp³-hybridized carbons (Fsp3) is 0.583. The van der Waals surface area contributed by atoms with E-state index in [1.165, 1.54) is 0 Å². The van der Waals surface area contributed by atoms with Gasteiger partial charge in [-0.15, -0.1) is 0 Å². The third-order valence-electron chi connectivity index (χ3n) is 2.38. The SMILES string of the molecule is CCCCOc1cc(C)nc(C)c1CN. The third-order valence-corrected chi connectivity index (χ3v) is 2.38. The van der Waals surface area contributed by atoms with Crippen LogP contribution in [0, 0.1) is 13.8 Å². The van der Waals surface area contributed by atoms with Crippen LogP contribution in [0.2, 0.25) is 0 Å². The molecule has 0 atom stereocenters. The van der Waals surface area contributed by atoms with Crippen LogP contribution in [0.1, 0.15) is 36.7 Å². The van der Waals surface area contributed by atoms with E-state index >= 15 is 0 Å². The van der Waals surface area contributed by atoms with Gasteiger partial charge in [-0.3, -0.25) is 4.98 Å². The van der Waals surface area contributed by atoms with Crippen LogP contribution in [0.3, 0.4) is 0 Å². The van der Waals surface area contributed by atoms with Crippen LogP contribution in [-0.4, -0.2) is 11.6 Å². The molecule has 0 aromatic carbocycles. The van der Waals surface area contributed by atoms with E-state index < -0.39 is 0 Å². The highest BCUT2D eigenvalue weighted by molar-refractivity contribution is 5.37. The Morgan fingerprint density at radius 3 is 2.73 bits per heavy atom. The van der Waals surface area contributed by atoms with Crippen molar-refractivity contribution in [3.63, 3.8) is 0 Å². The van der Waals surface area contributed by atoms with Crippen molar-refractivity contribution in [2.45, 2.75) is 40.2 Å². The predicted molar refractivity (Wildman–Crippen MR) is 62.0 cm³/mol. The molecule has 3 nitrogen and oxygen atoms in total. The zero-order valence-electron chi connectivity index (χ0n) is 9.84. The fourth-order valence-electron chi connectivity index (χ4n) is 1.52. The standard InChI is InChI=1S/C12H20N2O/c1-4-5-6-15-12-7-9(2)14-10(3)11(12)8-13/h7H,4-6,8,13H2,1-3H3. The molecule has 0 unspecified atom stereocenters. The molecular weight excluding hydrogens is 188 g/mol. The van der Waals surface area contributed by atoms with Gasteiger partial charge in [-0.05, 0) is 20.3 Å². The highest BCUT2D eigenvalue weighted by Gasteiger charge is 2.07. The Labute approximate surface area is 91.7 Å².